The van der Waals surface area contributed by atoms with Crippen molar-refractivity contribution in [2.24, 2.45) is 11.7 Å². The molecule has 15 heavy (non-hydrogen) atoms. The average Bonchev–Trinajstić information content (AvgIpc) is 2.82. The fourth-order valence-electron chi connectivity index (χ4n) is 2.44. The van der Waals surface area contributed by atoms with Crippen LogP contribution in [0, 0.1) is 12.8 Å². The van der Waals surface area contributed by atoms with Crippen molar-refractivity contribution in [1.82, 2.24) is 0 Å². The highest BCUT2D eigenvalue weighted by Gasteiger charge is 2.49. The largest absolute Gasteiger partial charge is 0.325 e. The SMILES string of the molecule is CCCC1CC1(N)Cc1ccc(C)cc1. The van der Waals surface area contributed by atoms with Crippen molar-refractivity contribution in [2.45, 2.75) is 45.1 Å². The fraction of sp³-hybridized carbons (Fsp3) is 0.571. The molecule has 1 saturated carbocycles. The van der Waals surface area contributed by atoms with Crippen molar-refractivity contribution in [1.29, 1.82) is 0 Å². The lowest BCUT2D eigenvalue weighted by Crippen LogP contribution is -2.27. The molecule has 1 heteroatoms. The van der Waals surface area contributed by atoms with Crippen LogP contribution < -0.4 is 5.73 Å². The second-order valence-electron chi connectivity index (χ2n) is 5.09. The molecule has 2 N–H and O–H groups in total. The Labute approximate surface area is 92.7 Å². The van der Waals surface area contributed by atoms with Gasteiger partial charge in [0.05, 0.1) is 0 Å². The summed E-state index contributed by atoms with van der Waals surface area (Å²) in [6, 6.07) is 8.78. The minimum absolute atomic E-state index is 0.116. The summed E-state index contributed by atoms with van der Waals surface area (Å²) in [4.78, 5) is 0. The van der Waals surface area contributed by atoms with Crippen LogP contribution in [0.5, 0.6) is 0 Å². The lowest BCUT2D eigenvalue weighted by atomic mass is 10.0. The van der Waals surface area contributed by atoms with Crippen LogP contribution in [0.2, 0.25) is 0 Å². The second kappa shape index (κ2) is 3.97. The summed E-state index contributed by atoms with van der Waals surface area (Å²) in [5.74, 6) is 0.767. The van der Waals surface area contributed by atoms with Crippen LogP contribution in [0.3, 0.4) is 0 Å². The monoisotopic (exact) mass is 203 g/mol. The zero-order valence-corrected chi connectivity index (χ0v) is 9.79. The van der Waals surface area contributed by atoms with E-state index in [2.05, 4.69) is 38.1 Å². The minimum Gasteiger partial charge on any atom is -0.325 e. The van der Waals surface area contributed by atoms with E-state index in [0.717, 1.165) is 12.3 Å². The number of hydrogen-bond donors (Lipinski definition) is 1. The molecule has 1 aromatic carbocycles. The Bertz CT molecular complexity index is 328. The van der Waals surface area contributed by atoms with Gasteiger partial charge in [-0.2, -0.15) is 0 Å². The summed E-state index contributed by atoms with van der Waals surface area (Å²) >= 11 is 0. The van der Waals surface area contributed by atoms with E-state index in [1.54, 1.807) is 0 Å². The van der Waals surface area contributed by atoms with Gasteiger partial charge in [0.25, 0.3) is 0 Å². The Hall–Kier alpha value is -0.820. The van der Waals surface area contributed by atoms with Gasteiger partial charge in [0.2, 0.25) is 0 Å². The molecule has 1 aromatic rings. The number of hydrogen-bond acceptors (Lipinski definition) is 1. The van der Waals surface area contributed by atoms with Crippen LogP contribution in [0.1, 0.15) is 37.3 Å². The van der Waals surface area contributed by atoms with Gasteiger partial charge in [-0.25, -0.2) is 0 Å². The maximum absolute atomic E-state index is 6.35. The molecule has 0 aliphatic heterocycles. The van der Waals surface area contributed by atoms with E-state index in [1.165, 1.54) is 30.4 Å². The van der Waals surface area contributed by atoms with E-state index < -0.39 is 0 Å². The normalized spacial score (nSPS) is 29.1. The topological polar surface area (TPSA) is 26.0 Å². The first-order valence-electron chi connectivity index (χ1n) is 5.98. The van der Waals surface area contributed by atoms with Gasteiger partial charge in [0, 0.05) is 5.54 Å². The van der Waals surface area contributed by atoms with E-state index in [-0.39, 0.29) is 5.54 Å². The molecule has 0 aromatic heterocycles. The maximum Gasteiger partial charge on any atom is 0.0227 e. The molecule has 2 unspecified atom stereocenters. The van der Waals surface area contributed by atoms with Gasteiger partial charge in [-0.1, -0.05) is 43.2 Å². The van der Waals surface area contributed by atoms with Crippen molar-refractivity contribution in [2.75, 3.05) is 0 Å². The molecule has 0 spiro atoms. The molecule has 0 heterocycles. The Morgan fingerprint density at radius 2 is 2.00 bits per heavy atom. The number of benzene rings is 1. The Kier molecular flexibility index (Phi) is 2.83. The Morgan fingerprint density at radius 3 is 2.60 bits per heavy atom. The summed E-state index contributed by atoms with van der Waals surface area (Å²) < 4.78 is 0. The molecule has 2 rings (SSSR count). The Balaban J connectivity index is 1.95. The van der Waals surface area contributed by atoms with Gasteiger partial charge in [-0.05, 0) is 37.7 Å². The molecular formula is C14H21N. The molecular weight excluding hydrogens is 182 g/mol. The lowest BCUT2D eigenvalue weighted by molar-refractivity contribution is 0.556. The van der Waals surface area contributed by atoms with E-state index >= 15 is 0 Å². The van der Waals surface area contributed by atoms with Crippen LogP contribution in [0.15, 0.2) is 24.3 Å². The number of nitrogens with two attached hydrogens (primary N) is 1. The zero-order chi connectivity index (χ0) is 10.9. The van der Waals surface area contributed by atoms with Gasteiger partial charge in [0.15, 0.2) is 0 Å². The third-order valence-corrected chi connectivity index (χ3v) is 3.57. The fourth-order valence-corrected chi connectivity index (χ4v) is 2.44. The van der Waals surface area contributed by atoms with E-state index in [4.69, 9.17) is 5.73 Å². The standard InChI is InChI=1S/C14H21N/c1-3-4-13-10-14(13,15)9-12-7-5-11(2)6-8-12/h5-8,13H,3-4,9-10,15H2,1-2H3. The van der Waals surface area contributed by atoms with Crippen molar-refractivity contribution in [3.63, 3.8) is 0 Å². The maximum atomic E-state index is 6.35. The highest BCUT2D eigenvalue weighted by atomic mass is 14.9. The molecule has 0 amide bonds. The van der Waals surface area contributed by atoms with Crippen LogP contribution in [0.25, 0.3) is 0 Å². The van der Waals surface area contributed by atoms with E-state index in [0.29, 0.717) is 0 Å². The number of aryl methyl sites for hydroxylation is 1. The number of rotatable bonds is 4. The molecule has 1 nitrogen and oxygen atoms in total. The van der Waals surface area contributed by atoms with Crippen LogP contribution >= 0.6 is 0 Å². The molecule has 82 valence electrons. The van der Waals surface area contributed by atoms with Crippen LogP contribution in [0.4, 0.5) is 0 Å². The summed E-state index contributed by atoms with van der Waals surface area (Å²) in [5, 5.41) is 0. The second-order valence-corrected chi connectivity index (χ2v) is 5.09. The van der Waals surface area contributed by atoms with Crippen LogP contribution in [-0.4, -0.2) is 5.54 Å². The van der Waals surface area contributed by atoms with Gasteiger partial charge < -0.3 is 5.73 Å². The predicted molar refractivity (Wildman–Crippen MR) is 64.8 cm³/mol. The third-order valence-electron chi connectivity index (χ3n) is 3.57. The van der Waals surface area contributed by atoms with Crippen molar-refractivity contribution < 1.29 is 0 Å². The van der Waals surface area contributed by atoms with Crippen molar-refractivity contribution in [3.8, 4) is 0 Å². The Morgan fingerprint density at radius 1 is 1.33 bits per heavy atom. The summed E-state index contributed by atoms with van der Waals surface area (Å²) in [7, 11) is 0. The van der Waals surface area contributed by atoms with E-state index in [9.17, 15) is 0 Å². The van der Waals surface area contributed by atoms with Gasteiger partial charge in [-0.3, -0.25) is 0 Å². The molecule has 1 aliphatic rings. The smallest absolute Gasteiger partial charge is 0.0227 e. The first-order chi connectivity index (χ1) is 7.14. The highest BCUT2D eigenvalue weighted by molar-refractivity contribution is 5.26. The highest BCUT2D eigenvalue weighted by Crippen LogP contribution is 2.46. The summed E-state index contributed by atoms with van der Waals surface area (Å²) in [6.45, 7) is 4.36. The van der Waals surface area contributed by atoms with E-state index in [1.807, 2.05) is 0 Å². The predicted octanol–water partition coefficient (Wildman–Crippen LogP) is 3.06. The van der Waals surface area contributed by atoms with Crippen molar-refractivity contribution in [3.05, 3.63) is 35.4 Å². The molecule has 0 radical (unpaired) electrons. The quantitative estimate of drug-likeness (QED) is 0.799. The summed E-state index contributed by atoms with van der Waals surface area (Å²) in [6.07, 6.45) is 4.83. The first kappa shape index (κ1) is 10.7. The first-order valence-corrected chi connectivity index (χ1v) is 5.98. The van der Waals surface area contributed by atoms with Gasteiger partial charge >= 0.3 is 0 Å². The third kappa shape index (κ3) is 2.40. The molecule has 1 fully saturated rings. The molecule has 1 aliphatic carbocycles. The molecule has 0 saturated heterocycles. The lowest BCUT2D eigenvalue weighted by Gasteiger charge is -2.11. The zero-order valence-electron chi connectivity index (χ0n) is 9.79. The minimum atomic E-state index is 0.116. The molecule has 0 bridgehead atoms. The van der Waals surface area contributed by atoms with Crippen LogP contribution in [-0.2, 0) is 6.42 Å². The average molecular weight is 203 g/mol. The molecule has 2 atom stereocenters. The van der Waals surface area contributed by atoms with Gasteiger partial charge in [-0.15, -0.1) is 0 Å². The van der Waals surface area contributed by atoms with Crippen molar-refractivity contribution >= 4 is 0 Å². The summed E-state index contributed by atoms with van der Waals surface area (Å²) in [5.41, 5.74) is 9.18. The van der Waals surface area contributed by atoms with Gasteiger partial charge in [0.1, 0.15) is 0 Å².